The van der Waals surface area contributed by atoms with Gasteiger partial charge in [0, 0.05) is 24.8 Å². The van der Waals surface area contributed by atoms with Crippen molar-refractivity contribution in [1.29, 1.82) is 0 Å². The molecule has 0 aromatic heterocycles. The van der Waals surface area contributed by atoms with Crippen LogP contribution in [0.5, 0.6) is 5.75 Å². The zero-order chi connectivity index (χ0) is 15.9. The fourth-order valence-corrected chi connectivity index (χ4v) is 2.35. The SMILES string of the molecule is O=C(O)C1CCN(C(=O)Nc2cccc(OCCF)c2)CC1. The van der Waals surface area contributed by atoms with Crippen LogP contribution < -0.4 is 10.1 Å². The molecule has 1 aromatic rings. The molecule has 0 radical (unpaired) electrons. The molecular weight excluding hydrogens is 291 g/mol. The monoisotopic (exact) mass is 310 g/mol. The van der Waals surface area contributed by atoms with Gasteiger partial charge < -0.3 is 20.1 Å². The molecule has 2 amide bonds. The van der Waals surface area contributed by atoms with E-state index in [1.54, 1.807) is 29.2 Å². The first-order valence-electron chi connectivity index (χ1n) is 7.17. The van der Waals surface area contributed by atoms with Crippen LogP contribution in [-0.2, 0) is 4.79 Å². The molecule has 0 bridgehead atoms. The third-order valence-electron chi connectivity index (χ3n) is 3.56. The number of urea groups is 1. The van der Waals surface area contributed by atoms with Crippen LogP contribution in [0.2, 0.25) is 0 Å². The minimum atomic E-state index is -0.808. The van der Waals surface area contributed by atoms with Gasteiger partial charge >= 0.3 is 12.0 Å². The van der Waals surface area contributed by atoms with Crippen LogP contribution in [-0.4, -0.2) is 48.4 Å². The van der Waals surface area contributed by atoms with E-state index in [0.29, 0.717) is 37.4 Å². The number of carboxylic acid groups (broad SMARTS) is 1. The van der Waals surface area contributed by atoms with Crippen LogP contribution in [0.15, 0.2) is 24.3 Å². The molecule has 0 unspecified atom stereocenters. The molecule has 0 spiro atoms. The Morgan fingerprint density at radius 1 is 1.36 bits per heavy atom. The number of alkyl halides is 1. The maximum Gasteiger partial charge on any atom is 0.321 e. The average molecular weight is 310 g/mol. The zero-order valence-corrected chi connectivity index (χ0v) is 12.1. The van der Waals surface area contributed by atoms with E-state index in [-0.39, 0.29) is 18.6 Å². The Hall–Kier alpha value is -2.31. The third-order valence-corrected chi connectivity index (χ3v) is 3.56. The fraction of sp³-hybridized carbons (Fsp3) is 0.467. The average Bonchev–Trinajstić information content (AvgIpc) is 2.53. The van der Waals surface area contributed by atoms with Gasteiger partial charge in [-0.3, -0.25) is 4.79 Å². The first-order valence-corrected chi connectivity index (χ1v) is 7.17. The quantitative estimate of drug-likeness (QED) is 0.875. The lowest BCUT2D eigenvalue weighted by Gasteiger charge is -2.30. The molecule has 1 aliphatic heterocycles. The maximum atomic E-state index is 12.1. The number of halogens is 1. The zero-order valence-electron chi connectivity index (χ0n) is 12.1. The lowest BCUT2D eigenvalue weighted by molar-refractivity contribution is -0.143. The second-order valence-corrected chi connectivity index (χ2v) is 5.09. The number of rotatable bonds is 5. The Labute approximate surface area is 127 Å². The van der Waals surface area contributed by atoms with Gasteiger partial charge in [0.05, 0.1) is 5.92 Å². The number of hydrogen-bond donors (Lipinski definition) is 2. The van der Waals surface area contributed by atoms with E-state index < -0.39 is 12.6 Å². The second-order valence-electron chi connectivity index (χ2n) is 5.09. The minimum absolute atomic E-state index is 0.0277. The molecule has 22 heavy (non-hydrogen) atoms. The number of likely N-dealkylation sites (tertiary alicyclic amines) is 1. The number of anilines is 1. The van der Waals surface area contributed by atoms with E-state index >= 15 is 0 Å². The summed E-state index contributed by atoms with van der Waals surface area (Å²) >= 11 is 0. The van der Waals surface area contributed by atoms with E-state index in [4.69, 9.17) is 9.84 Å². The molecule has 1 heterocycles. The molecule has 1 fully saturated rings. The maximum absolute atomic E-state index is 12.1. The number of piperidine rings is 1. The van der Waals surface area contributed by atoms with Gasteiger partial charge in [-0.2, -0.15) is 0 Å². The first kappa shape index (κ1) is 16.1. The highest BCUT2D eigenvalue weighted by molar-refractivity contribution is 5.89. The molecule has 2 rings (SSSR count). The Kier molecular flexibility index (Phi) is 5.57. The van der Waals surface area contributed by atoms with Gasteiger partial charge in [0.25, 0.3) is 0 Å². The van der Waals surface area contributed by atoms with Gasteiger partial charge in [0.15, 0.2) is 0 Å². The molecule has 6 nitrogen and oxygen atoms in total. The predicted molar refractivity (Wildman–Crippen MR) is 78.9 cm³/mol. The lowest BCUT2D eigenvalue weighted by Crippen LogP contribution is -2.42. The summed E-state index contributed by atoms with van der Waals surface area (Å²) in [4.78, 5) is 24.6. The molecule has 0 aliphatic carbocycles. The van der Waals surface area contributed by atoms with Crippen molar-refractivity contribution in [3.05, 3.63) is 24.3 Å². The number of ether oxygens (including phenoxy) is 1. The van der Waals surface area contributed by atoms with Gasteiger partial charge in [0.1, 0.15) is 19.0 Å². The van der Waals surface area contributed by atoms with Crippen LogP contribution in [0.1, 0.15) is 12.8 Å². The van der Waals surface area contributed by atoms with Crippen LogP contribution in [0.4, 0.5) is 14.9 Å². The lowest BCUT2D eigenvalue weighted by atomic mass is 9.97. The molecular formula is C15H19FN2O4. The van der Waals surface area contributed by atoms with E-state index in [1.807, 2.05) is 0 Å². The number of benzene rings is 1. The Morgan fingerprint density at radius 2 is 2.09 bits per heavy atom. The number of aliphatic carboxylic acids is 1. The largest absolute Gasteiger partial charge is 0.491 e. The summed E-state index contributed by atoms with van der Waals surface area (Å²) in [6, 6.07) is 6.46. The van der Waals surface area contributed by atoms with Crippen molar-refractivity contribution in [3.8, 4) is 5.75 Å². The summed E-state index contributed by atoms with van der Waals surface area (Å²) in [6.45, 7) is 0.233. The van der Waals surface area contributed by atoms with Crippen LogP contribution >= 0.6 is 0 Å². The van der Waals surface area contributed by atoms with E-state index in [2.05, 4.69) is 5.32 Å². The number of carboxylic acids is 1. The van der Waals surface area contributed by atoms with Crippen molar-refractivity contribution >= 4 is 17.7 Å². The highest BCUT2D eigenvalue weighted by Crippen LogP contribution is 2.20. The first-order chi connectivity index (χ1) is 10.6. The van der Waals surface area contributed by atoms with E-state index in [9.17, 15) is 14.0 Å². The number of hydrogen-bond acceptors (Lipinski definition) is 3. The van der Waals surface area contributed by atoms with Crippen molar-refractivity contribution < 1.29 is 23.8 Å². The third kappa shape index (κ3) is 4.34. The van der Waals surface area contributed by atoms with Gasteiger partial charge in [-0.15, -0.1) is 0 Å². The Bertz CT molecular complexity index is 530. The Morgan fingerprint density at radius 3 is 2.73 bits per heavy atom. The number of carbonyl (C=O) groups is 2. The van der Waals surface area contributed by atoms with Gasteiger partial charge in [-0.25, -0.2) is 9.18 Å². The normalized spacial score (nSPS) is 15.4. The summed E-state index contributed by atoms with van der Waals surface area (Å²) in [7, 11) is 0. The van der Waals surface area contributed by atoms with Crippen LogP contribution in [0, 0.1) is 5.92 Å². The molecule has 1 aliphatic rings. The predicted octanol–water partition coefficient (Wildman–Crippen LogP) is 2.36. The van der Waals surface area contributed by atoms with E-state index in [0.717, 1.165) is 0 Å². The number of nitrogens with zero attached hydrogens (tertiary/aromatic N) is 1. The summed E-state index contributed by atoms with van der Waals surface area (Å²) in [6.07, 6.45) is 0.921. The van der Waals surface area contributed by atoms with Crippen molar-refractivity contribution in [1.82, 2.24) is 4.90 Å². The Balaban J connectivity index is 1.88. The molecule has 7 heteroatoms. The minimum Gasteiger partial charge on any atom is -0.491 e. The van der Waals surface area contributed by atoms with Gasteiger partial charge in [0.2, 0.25) is 0 Å². The molecule has 120 valence electrons. The van der Waals surface area contributed by atoms with Crippen molar-refractivity contribution in [2.45, 2.75) is 12.8 Å². The highest BCUT2D eigenvalue weighted by Gasteiger charge is 2.26. The standard InChI is InChI=1S/C15H19FN2O4/c16-6-9-22-13-3-1-2-12(10-13)17-15(21)18-7-4-11(5-8-18)14(19)20/h1-3,10-11H,4-9H2,(H,17,21)(H,19,20). The number of nitrogens with one attached hydrogen (secondary N) is 1. The fourth-order valence-electron chi connectivity index (χ4n) is 2.35. The summed E-state index contributed by atoms with van der Waals surface area (Å²) in [5.74, 6) is -0.695. The second kappa shape index (κ2) is 7.63. The molecule has 0 saturated carbocycles. The molecule has 0 atom stereocenters. The number of amides is 2. The summed E-state index contributed by atoms with van der Waals surface area (Å²) in [5, 5.41) is 11.7. The van der Waals surface area contributed by atoms with Crippen LogP contribution in [0.3, 0.4) is 0 Å². The van der Waals surface area contributed by atoms with Gasteiger partial charge in [-0.05, 0) is 25.0 Å². The van der Waals surface area contributed by atoms with Crippen LogP contribution in [0.25, 0.3) is 0 Å². The number of carbonyl (C=O) groups excluding carboxylic acids is 1. The topological polar surface area (TPSA) is 78.9 Å². The van der Waals surface area contributed by atoms with Crippen molar-refractivity contribution in [2.24, 2.45) is 5.92 Å². The molecule has 1 saturated heterocycles. The summed E-state index contributed by atoms with van der Waals surface area (Å²) in [5.41, 5.74) is 0.557. The summed E-state index contributed by atoms with van der Waals surface area (Å²) < 4.78 is 17.2. The highest BCUT2D eigenvalue weighted by atomic mass is 19.1. The van der Waals surface area contributed by atoms with Crippen molar-refractivity contribution in [3.63, 3.8) is 0 Å². The van der Waals surface area contributed by atoms with Crippen molar-refractivity contribution in [2.75, 3.05) is 31.7 Å². The smallest absolute Gasteiger partial charge is 0.321 e. The van der Waals surface area contributed by atoms with E-state index in [1.165, 1.54) is 0 Å². The van der Waals surface area contributed by atoms with Gasteiger partial charge in [-0.1, -0.05) is 6.07 Å². The molecule has 2 N–H and O–H groups in total. The molecule has 1 aromatic carbocycles.